The van der Waals surface area contributed by atoms with E-state index >= 15 is 0 Å². The molecule has 3 aliphatic carbocycles. The van der Waals surface area contributed by atoms with Gasteiger partial charge in [0, 0.05) is 0 Å². The van der Waals surface area contributed by atoms with Crippen LogP contribution < -0.4 is 0 Å². The highest BCUT2D eigenvalue weighted by Crippen LogP contribution is 2.48. The van der Waals surface area contributed by atoms with E-state index in [1.165, 1.54) is 6.42 Å². The van der Waals surface area contributed by atoms with E-state index in [1.807, 2.05) is 0 Å². The summed E-state index contributed by atoms with van der Waals surface area (Å²) in [6.45, 7) is 2.34. The molecule has 0 radical (unpaired) electrons. The average molecular weight is 140 g/mol. The molecule has 0 aromatic rings. The molecule has 0 spiro atoms. The Labute approximate surface area is 65.0 Å². The quantitative estimate of drug-likeness (QED) is 0.523. The Morgan fingerprint density at radius 2 is 1.50 bits per heavy atom. The van der Waals surface area contributed by atoms with Crippen molar-refractivity contribution in [2.24, 2.45) is 17.8 Å². The van der Waals surface area contributed by atoms with Gasteiger partial charge in [0.25, 0.3) is 0 Å². The number of hydrogen-bond donors (Lipinski definition) is 0. The highest BCUT2D eigenvalue weighted by Gasteiger charge is 2.36. The van der Waals surface area contributed by atoms with Crippen molar-refractivity contribution < 1.29 is 0 Å². The molecule has 0 N–H and O–H groups in total. The third-order valence-electron chi connectivity index (χ3n) is 3.24. The van der Waals surface area contributed by atoms with Crippen molar-refractivity contribution in [1.82, 2.24) is 0 Å². The number of hydrogen-bond acceptors (Lipinski definition) is 0. The Morgan fingerprint density at radius 3 is 1.80 bits per heavy atom. The van der Waals surface area contributed by atoms with Crippen LogP contribution in [-0.4, -0.2) is 0 Å². The van der Waals surface area contributed by atoms with Gasteiger partial charge in [-0.15, -0.1) is 0 Å². The van der Waals surface area contributed by atoms with Gasteiger partial charge in [-0.25, -0.2) is 0 Å². The first-order valence-corrected chi connectivity index (χ1v) is 4.38. The van der Waals surface area contributed by atoms with E-state index in [4.69, 9.17) is 0 Å². The van der Waals surface area contributed by atoms with Gasteiger partial charge in [0.2, 0.25) is 0 Å². The maximum Gasteiger partial charge on any atom is -0.0406 e. The fourth-order valence-corrected chi connectivity index (χ4v) is 2.63. The molecule has 3 rings (SSSR count). The van der Waals surface area contributed by atoms with Crippen molar-refractivity contribution in [1.29, 1.82) is 0 Å². The Kier molecular flexibility index (Phi) is 2.38. The van der Waals surface area contributed by atoms with Gasteiger partial charge in [-0.3, -0.25) is 0 Å². The molecular weight excluding hydrogens is 120 g/mol. The molecule has 0 amide bonds. The minimum absolute atomic E-state index is 0. The molecule has 0 aromatic heterocycles. The van der Waals surface area contributed by atoms with Crippen LogP contribution in [0, 0.1) is 17.8 Å². The minimum Gasteiger partial charge on any atom is -0.0776 e. The SMILES string of the molecule is C.CCC1CC2CC(C1)C2. The second-order valence-electron chi connectivity index (χ2n) is 3.95. The van der Waals surface area contributed by atoms with Gasteiger partial charge in [0.1, 0.15) is 0 Å². The van der Waals surface area contributed by atoms with Crippen LogP contribution in [0.3, 0.4) is 0 Å². The first kappa shape index (κ1) is 8.10. The summed E-state index contributed by atoms with van der Waals surface area (Å²) in [4.78, 5) is 0. The monoisotopic (exact) mass is 140 g/mol. The third-order valence-corrected chi connectivity index (χ3v) is 3.24. The van der Waals surface area contributed by atoms with Gasteiger partial charge in [0.05, 0.1) is 0 Å². The van der Waals surface area contributed by atoms with Gasteiger partial charge >= 0.3 is 0 Å². The zero-order valence-corrected chi connectivity index (χ0v) is 6.27. The summed E-state index contributed by atoms with van der Waals surface area (Å²) < 4.78 is 0. The zero-order chi connectivity index (χ0) is 6.27. The maximum atomic E-state index is 2.34. The van der Waals surface area contributed by atoms with Crippen molar-refractivity contribution in [3.63, 3.8) is 0 Å². The van der Waals surface area contributed by atoms with E-state index in [-0.39, 0.29) is 7.43 Å². The molecule has 60 valence electrons. The second kappa shape index (κ2) is 2.94. The molecule has 2 bridgehead atoms. The summed E-state index contributed by atoms with van der Waals surface area (Å²) in [6.07, 6.45) is 7.72. The molecule has 3 fully saturated rings. The lowest BCUT2D eigenvalue weighted by Crippen LogP contribution is -2.33. The predicted molar refractivity (Wildman–Crippen MR) is 46.0 cm³/mol. The summed E-state index contributed by atoms with van der Waals surface area (Å²) in [7, 11) is 0. The van der Waals surface area contributed by atoms with Crippen LogP contribution in [0.1, 0.15) is 46.5 Å². The Bertz CT molecular complexity index is 90.6. The fourth-order valence-electron chi connectivity index (χ4n) is 2.63. The highest BCUT2D eigenvalue weighted by molar-refractivity contribution is 4.88. The largest absolute Gasteiger partial charge is 0.0776 e. The molecule has 0 heterocycles. The van der Waals surface area contributed by atoms with Crippen LogP contribution in [0.5, 0.6) is 0 Å². The van der Waals surface area contributed by atoms with E-state index in [0.29, 0.717) is 0 Å². The topological polar surface area (TPSA) is 0 Å². The lowest BCUT2D eigenvalue weighted by molar-refractivity contribution is 0.0657. The fraction of sp³-hybridized carbons (Fsp3) is 1.00. The Morgan fingerprint density at radius 1 is 1.00 bits per heavy atom. The molecule has 0 unspecified atom stereocenters. The number of rotatable bonds is 1. The summed E-state index contributed by atoms with van der Waals surface area (Å²) in [5.41, 5.74) is 0. The molecule has 0 saturated heterocycles. The molecule has 0 heteroatoms. The predicted octanol–water partition coefficient (Wildman–Crippen LogP) is 3.47. The standard InChI is InChI=1S/C9H16.CH4/c1-2-7-3-8-5-9(4-7)6-8;/h7-9H,2-6H2,1H3;1H4. The molecule has 0 aromatic carbocycles. The van der Waals surface area contributed by atoms with Gasteiger partial charge in [0.15, 0.2) is 0 Å². The van der Waals surface area contributed by atoms with E-state index in [0.717, 1.165) is 17.8 Å². The molecule has 3 aliphatic rings. The molecule has 0 nitrogen and oxygen atoms in total. The van der Waals surface area contributed by atoms with Gasteiger partial charge in [-0.2, -0.15) is 0 Å². The van der Waals surface area contributed by atoms with E-state index in [9.17, 15) is 0 Å². The highest BCUT2D eigenvalue weighted by atomic mass is 14.4. The Hall–Kier alpha value is 0. The second-order valence-corrected chi connectivity index (χ2v) is 3.95. The molecular formula is C10H20. The maximum absolute atomic E-state index is 2.34. The van der Waals surface area contributed by atoms with E-state index < -0.39 is 0 Å². The molecule has 0 aliphatic heterocycles. The van der Waals surface area contributed by atoms with Crippen molar-refractivity contribution in [3.8, 4) is 0 Å². The average Bonchev–Trinajstić information content (AvgIpc) is 1.87. The van der Waals surface area contributed by atoms with Crippen LogP contribution in [0.25, 0.3) is 0 Å². The summed E-state index contributed by atoms with van der Waals surface area (Å²) in [5, 5.41) is 0. The van der Waals surface area contributed by atoms with Gasteiger partial charge in [-0.1, -0.05) is 20.8 Å². The molecule has 3 saturated carbocycles. The zero-order valence-electron chi connectivity index (χ0n) is 6.27. The minimum atomic E-state index is 0. The normalized spacial score (nSPS) is 43.5. The Balaban J connectivity index is 0.000000500. The van der Waals surface area contributed by atoms with Crippen molar-refractivity contribution in [2.75, 3.05) is 0 Å². The smallest absolute Gasteiger partial charge is 0.0406 e. The lowest BCUT2D eigenvalue weighted by Gasteiger charge is -2.45. The van der Waals surface area contributed by atoms with E-state index in [2.05, 4.69) is 6.92 Å². The van der Waals surface area contributed by atoms with Crippen LogP contribution in [-0.2, 0) is 0 Å². The number of fused-ring (bicyclic) bond motifs is 2. The molecule has 10 heavy (non-hydrogen) atoms. The van der Waals surface area contributed by atoms with Crippen molar-refractivity contribution >= 4 is 0 Å². The summed E-state index contributed by atoms with van der Waals surface area (Å²) >= 11 is 0. The van der Waals surface area contributed by atoms with Crippen LogP contribution in [0.2, 0.25) is 0 Å². The van der Waals surface area contributed by atoms with Gasteiger partial charge in [-0.05, 0) is 43.4 Å². The van der Waals surface area contributed by atoms with Crippen LogP contribution in [0.4, 0.5) is 0 Å². The van der Waals surface area contributed by atoms with Crippen LogP contribution >= 0.6 is 0 Å². The third kappa shape index (κ3) is 1.21. The lowest BCUT2D eigenvalue weighted by atomic mass is 9.61. The summed E-state index contributed by atoms with van der Waals surface area (Å²) in [6, 6.07) is 0. The van der Waals surface area contributed by atoms with Crippen LogP contribution in [0.15, 0.2) is 0 Å². The van der Waals surface area contributed by atoms with Gasteiger partial charge < -0.3 is 0 Å². The van der Waals surface area contributed by atoms with Crippen molar-refractivity contribution in [2.45, 2.75) is 46.5 Å². The first-order valence-electron chi connectivity index (χ1n) is 4.38. The van der Waals surface area contributed by atoms with Crippen molar-refractivity contribution in [3.05, 3.63) is 0 Å². The van der Waals surface area contributed by atoms with E-state index in [1.54, 1.807) is 25.7 Å². The summed E-state index contributed by atoms with van der Waals surface area (Å²) in [5.74, 6) is 3.44. The molecule has 0 atom stereocenters. The first-order chi connectivity index (χ1) is 4.38.